The van der Waals surface area contributed by atoms with E-state index < -0.39 is 0 Å². The van der Waals surface area contributed by atoms with Crippen molar-refractivity contribution in [2.45, 2.75) is 146 Å². The standard InChI is InChI=1S/C27H50N2O3S/c1-2-3-4-5-6-7-8-9-10-11-12-13-14-15-18-21-32-25(30)20-17-16-19-24-26-23(22-33-24)28-27(31)29-26/h23-24,26H,2-22H2,1H3,(H2,28,29,31)/t23-,24-,26-/m0/s1. The van der Waals surface area contributed by atoms with Crippen LogP contribution in [0.15, 0.2) is 0 Å². The fourth-order valence-corrected chi connectivity index (χ4v) is 6.53. The summed E-state index contributed by atoms with van der Waals surface area (Å²) in [5.41, 5.74) is 0. The summed E-state index contributed by atoms with van der Waals surface area (Å²) < 4.78 is 5.40. The molecule has 2 N–H and O–H groups in total. The first-order valence-corrected chi connectivity index (χ1v) is 15.1. The summed E-state index contributed by atoms with van der Waals surface area (Å²) in [6.45, 7) is 2.86. The Balaban J connectivity index is 1.27. The third-order valence-electron chi connectivity index (χ3n) is 7.07. The molecule has 2 aliphatic rings. The van der Waals surface area contributed by atoms with E-state index in [0.29, 0.717) is 18.3 Å². The molecule has 2 fully saturated rings. The first-order chi connectivity index (χ1) is 16.2. The van der Waals surface area contributed by atoms with E-state index in [2.05, 4.69) is 17.6 Å². The van der Waals surface area contributed by atoms with Crippen LogP contribution in [0.2, 0.25) is 0 Å². The predicted octanol–water partition coefficient (Wildman–Crippen LogP) is 7.13. The molecule has 33 heavy (non-hydrogen) atoms. The van der Waals surface area contributed by atoms with Gasteiger partial charge in [0.05, 0.1) is 18.7 Å². The van der Waals surface area contributed by atoms with Crippen molar-refractivity contribution in [3.63, 3.8) is 0 Å². The second-order valence-electron chi connectivity index (χ2n) is 10.0. The molecule has 6 heteroatoms. The van der Waals surface area contributed by atoms with Crippen LogP contribution in [0.3, 0.4) is 0 Å². The number of thioether (sulfide) groups is 1. The Kier molecular flexibility index (Phi) is 15.8. The first kappa shape index (κ1) is 28.3. The third kappa shape index (κ3) is 12.9. The summed E-state index contributed by atoms with van der Waals surface area (Å²) in [5, 5.41) is 6.48. The molecule has 0 unspecified atom stereocenters. The molecule has 2 rings (SSSR count). The molecule has 0 aromatic carbocycles. The molecule has 0 aromatic heterocycles. The molecular formula is C27H50N2O3S. The van der Waals surface area contributed by atoms with E-state index in [0.717, 1.165) is 31.4 Å². The van der Waals surface area contributed by atoms with Gasteiger partial charge in [-0.15, -0.1) is 0 Å². The zero-order chi connectivity index (χ0) is 23.6. The molecule has 0 radical (unpaired) electrons. The van der Waals surface area contributed by atoms with Gasteiger partial charge in [-0.05, 0) is 19.3 Å². The summed E-state index contributed by atoms with van der Waals surface area (Å²) in [4.78, 5) is 23.3. The maximum atomic E-state index is 11.9. The third-order valence-corrected chi connectivity index (χ3v) is 8.58. The minimum absolute atomic E-state index is 0.0299. The van der Waals surface area contributed by atoms with Crippen LogP contribution in [0.25, 0.3) is 0 Å². The van der Waals surface area contributed by atoms with Crippen LogP contribution in [-0.2, 0) is 9.53 Å². The number of urea groups is 1. The highest BCUT2D eigenvalue weighted by Crippen LogP contribution is 2.33. The number of fused-ring (bicyclic) bond motifs is 1. The van der Waals surface area contributed by atoms with Crippen LogP contribution in [0.4, 0.5) is 4.79 Å². The van der Waals surface area contributed by atoms with Crippen LogP contribution < -0.4 is 10.6 Å². The largest absolute Gasteiger partial charge is 0.466 e. The fraction of sp³-hybridized carbons (Fsp3) is 0.926. The molecule has 3 atom stereocenters. The van der Waals surface area contributed by atoms with Gasteiger partial charge >= 0.3 is 12.0 Å². The lowest BCUT2D eigenvalue weighted by Gasteiger charge is -2.16. The van der Waals surface area contributed by atoms with Crippen molar-refractivity contribution in [1.29, 1.82) is 0 Å². The quantitative estimate of drug-likeness (QED) is 0.104. The Morgan fingerprint density at radius 1 is 0.818 bits per heavy atom. The van der Waals surface area contributed by atoms with Crippen molar-refractivity contribution in [2.24, 2.45) is 0 Å². The van der Waals surface area contributed by atoms with Crippen LogP contribution in [-0.4, -0.2) is 41.7 Å². The molecule has 2 heterocycles. The minimum atomic E-state index is -0.0480. The van der Waals surface area contributed by atoms with Crippen LogP contribution >= 0.6 is 11.8 Å². The van der Waals surface area contributed by atoms with Gasteiger partial charge in [0.1, 0.15) is 0 Å². The van der Waals surface area contributed by atoms with Crippen molar-refractivity contribution in [3.8, 4) is 0 Å². The van der Waals surface area contributed by atoms with Crippen LogP contribution in [0, 0.1) is 0 Å². The van der Waals surface area contributed by atoms with Gasteiger partial charge in [0.15, 0.2) is 0 Å². The van der Waals surface area contributed by atoms with E-state index in [-0.39, 0.29) is 24.1 Å². The molecule has 0 aliphatic carbocycles. The van der Waals surface area contributed by atoms with Gasteiger partial charge in [0, 0.05) is 17.4 Å². The molecule has 0 bridgehead atoms. The van der Waals surface area contributed by atoms with Gasteiger partial charge in [0.25, 0.3) is 0 Å². The number of carbonyl (C=O) groups is 2. The second kappa shape index (κ2) is 18.4. The Bertz CT molecular complexity index is 531. The first-order valence-electron chi connectivity index (χ1n) is 14.0. The lowest BCUT2D eigenvalue weighted by Crippen LogP contribution is -2.36. The maximum Gasteiger partial charge on any atom is 0.315 e. The molecular weight excluding hydrogens is 432 g/mol. The highest BCUT2D eigenvalue weighted by molar-refractivity contribution is 8.00. The number of ether oxygens (including phenoxy) is 1. The highest BCUT2D eigenvalue weighted by Gasteiger charge is 2.42. The molecule has 192 valence electrons. The van der Waals surface area contributed by atoms with Crippen LogP contribution in [0.1, 0.15) is 129 Å². The van der Waals surface area contributed by atoms with E-state index in [1.807, 2.05) is 11.8 Å². The topological polar surface area (TPSA) is 67.4 Å². The van der Waals surface area contributed by atoms with E-state index >= 15 is 0 Å². The van der Waals surface area contributed by atoms with E-state index in [4.69, 9.17) is 4.74 Å². The predicted molar refractivity (Wildman–Crippen MR) is 140 cm³/mol. The number of carbonyl (C=O) groups excluding carboxylic acids is 2. The maximum absolute atomic E-state index is 11.9. The molecule has 0 saturated carbocycles. The van der Waals surface area contributed by atoms with Crippen molar-refractivity contribution in [2.75, 3.05) is 12.4 Å². The number of hydrogen-bond donors (Lipinski definition) is 2. The Morgan fingerprint density at radius 2 is 1.39 bits per heavy atom. The highest BCUT2D eigenvalue weighted by atomic mass is 32.2. The van der Waals surface area contributed by atoms with Gasteiger partial charge in [-0.1, -0.05) is 103 Å². The summed E-state index contributed by atoms with van der Waals surface area (Å²) in [6.07, 6.45) is 23.7. The number of rotatable bonds is 21. The molecule has 2 saturated heterocycles. The smallest absolute Gasteiger partial charge is 0.315 e. The minimum Gasteiger partial charge on any atom is -0.466 e. The number of hydrogen-bond acceptors (Lipinski definition) is 4. The lowest BCUT2D eigenvalue weighted by atomic mass is 10.0. The number of unbranched alkanes of at least 4 members (excludes halogenated alkanes) is 15. The van der Waals surface area contributed by atoms with E-state index in [1.54, 1.807) is 0 Å². The zero-order valence-corrected chi connectivity index (χ0v) is 22.0. The normalized spacial score (nSPS) is 21.6. The molecule has 5 nitrogen and oxygen atoms in total. The molecule has 0 spiro atoms. The Morgan fingerprint density at radius 3 is 2.00 bits per heavy atom. The summed E-state index contributed by atoms with van der Waals surface area (Å²) in [5.74, 6) is 0.947. The zero-order valence-electron chi connectivity index (χ0n) is 21.2. The molecule has 2 aliphatic heterocycles. The van der Waals surface area contributed by atoms with Crippen LogP contribution in [0.5, 0.6) is 0 Å². The van der Waals surface area contributed by atoms with E-state index in [9.17, 15) is 9.59 Å². The van der Waals surface area contributed by atoms with E-state index in [1.165, 1.54) is 89.9 Å². The number of esters is 1. The van der Waals surface area contributed by atoms with Gasteiger partial charge < -0.3 is 15.4 Å². The Labute approximate surface area is 207 Å². The SMILES string of the molecule is CCCCCCCCCCCCCCCCCOC(=O)CCCC[C@@H]1SC[C@@H]2NC(=O)N[C@@H]21. The fourth-order valence-electron chi connectivity index (χ4n) is 4.99. The average Bonchev–Trinajstić information content (AvgIpc) is 3.35. The monoisotopic (exact) mass is 482 g/mol. The summed E-state index contributed by atoms with van der Waals surface area (Å²) >= 11 is 1.93. The van der Waals surface area contributed by atoms with Crippen molar-refractivity contribution < 1.29 is 14.3 Å². The second-order valence-corrected chi connectivity index (χ2v) is 11.3. The molecule has 2 amide bonds. The van der Waals surface area contributed by atoms with Gasteiger partial charge in [-0.2, -0.15) is 11.8 Å². The average molecular weight is 483 g/mol. The van der Waals surface area contributed by atoms with Crippen molar-refractivity contribution >= 4 is 23.8 Å². The lowest BCUT2D eigenvalue weighted by molar-refractivity contribution is -0.143. The van der Waals surface area contributed by atoms with Gasteiger partial charge in [-0.3, -0.25) is 4.79 Å². The molecule has 0 aromatic rings. The summed E-state index contributed by atoms with van der Waals surface area (Å²) in [6, 6.07) is 0.518. The number of nitrogens with one attached hydrogen (secondary N) is 2. The number of amides is 2. The summed E-state index contributed by atoms with van der Waals surface area (Å²) in [7, 11) is 0. The van der Waals surface area contributed by atoms with Gasteiger partial charge in [0.2, 0.25) is 0 Å². The van der Waals surface area contributed by atoms with Gasteiger partial charge in [-0.25, -0.2) is 4.79 Å². The van der Waals surface area contributed by atoms with Crippen molar-refractivity contribution in [1.82, 2.24) is 10.6 Å². The van der Waals surface area contributed by atoms with Crippen molar-refractivity contribution in [3.05, 3.63) is 0 Å². The Hall–Kier alpha value is -0.910.